The van der Waals surface area contributed by atoms with Crippen molar-refractivity contribution in [3.63, 3.8) is 0 Å². The van der Waals surface area contributed by atoms with Gasteiger partial charge in [0.25, 0.3) is 0 Å². The van der Waals surface area contributed by atoms with Crippen molar-refractivity contribution in [2.75, 3.05) is 16.4 Å². The quantitative estimate of drug-likeness (QED) is 0.776. The van der Waals surface area contributed by atoms with E-state index in [1.807, 2.05) is 13.8 Å². The molecule has 25 heavy (non-hydrogen) atoms. The van der Waals surface area contributed by atoms with Gasteiger partial charge in [0.1, 0.15) is 11.6 Å². The van der Waals surface area contributed by atoms with Crippen LogP contribution in [0.1, 0.15) is 25.5 Å². The van der Waals surface area contributed by atoms with Gasteiger partial charge in [-0.15, -0.1) is 13.2 Å². The van der Waals surface area contributed by atoms with E-state index >= 15 is 0 Å². The summed E-state index contributed by atoms with van der Waals surface area (Å²) in [5.74, 6) is -0.0600. The lowest BCUT2D eigenvalue weighted by atomic mass is 10.1. The summed E-state index contributed by atoms with van der Waals surface area (Å²) in [4.78, 5) is 20.0. The molecule has 0 radical (unpaired) electrons. The maximum Gasteiger partial charge on any atom is 0.573 e. The smallest absolute Gasteiger partial charge is 0.406 e. The lowest BCUT2D eigenvalue weighted by Crippen LogP contribution is -2.21. The molecule has 7 nitrogen and oxygen atoms in total. The van der Waals surface area contributed by atoms with Crippen molar-refractivity contribution in [1.29, 1.82) is 0 Å². The van der Waals surface area contributed by atoms with Crippen LogP contribution in [0.2, 0.25) is 0 Å². The fourth-order valence-corrected chi connectivity index (χ4v) is 1.84. The number of amides is 2. The highest BCUT2D eigenvalue weighted by Gasteiger charge is 2.30. The highest BCUT2D eigenvalue weighted by Crippen LogP contribution is 2.24. The Labute approximate surface area is 141 Å². The topological polar surface area (TPSA) is 102 Å². The Morgan fingerprint density at radius 3 is 2.36 bits per heavy atom. The summed E-state index contributed by atoms with van der Waals surface area (Å²) in [6.07, 6.45) is -4.77. The number of nitrogen functional groups attached to an aromatic ring is 1. The van der Waals surface area contributed by atoms with Crippen molar-refractivity contribution in [3.05, 3.63) is 36.0 Å². The zero-order chi connectivity index (χ0) is 18.6. The fourth-order valence-electron chi connectivity index (χ4n) is 1.84. The van der Waals surface area contributed by atoms with Gasteiger partial charge in [0.2, 0.25) is 5.95 Å². The van der Waals surface area contributed by atoms with E-state index in [2.05, 4.69) is 25.3 Å². The Balaban J connectivity index is 2.01. The molecule has 1 heterocycles. The first-order chi connectivity index (χ1) is 11.6. The van der Waals surface area contributed by atoms with Crippen LogP contribution in [0.4, 0.5) is 35.4 Å². The molecule has 10 heteroatoms. The van der Waals surface area contributed by atoms with Crippen molar-refractivity contribution in [2.45, 2.75) is 26.1 Å². The number of carbonyl (C=O) groups excluding carboxylic acids is 1. The molecule has 0 fully saturated rings. The monoisotopic (exact) mass is 355 g/mol. The third-order valence-corrected chi connectivity index (χ3v) is 2.93. The number of anilines is 3. The lowest BCUT2D eigenvalue weighted by Gasteiger charge is -2.11. The van der Waals surface area contributed by atoms with Crippen LogP contribution in [0.25, 0.3) is 0 Å². The lowest BCUT2D eigenvalue weighted by molar-refractivity contribution is -0.274. The van der Waals surface area contributed by atoms with Gasteiger partial charge in [0, 0.05) is 11.8 Å². The average molecular weight is 355 g/mol. The summed E-state index contributed by atoms with van der Waals surface area (Å²) >= 11 is 0. The summed E-state index contributed by atoms with van der Waals surface area (Å²) in [6.45, 7) is 3.83. The van der Waals surface area contributed by atoms with E-state index in [1.165, 1.54) is 12.1 Å². The molecule has 2 aromatic rings. The minimum absolute atomic E-state index is 0.0261. The van der Waals surface area contributed by atoms with E-state index in [-0.39, 0.29) is 29.1 Å². The van der Waals surface area contributed by atoms with Crippen LogP contribution in [0.3, 0.4) is 0 Å². The predicted molar refractivity (Wildman–Crippen MR) is 86.3 cm³/mol. The highest BCUT2D eigenvalue weighted by molar-refractivity contribution is 5.98. The Hall–Kier alpha value is -3.04. The van der Waals surface area contributed by atoms with Gasteiger partial charge in [-0.25, -0.2) is 9.78 Å². The molecule has 0 saturated heterocycles. The van der Waals surface area contributed by atoms with E-state index in [0.29, 0.717) is 5.69 Å². The number of nitrogens with two attached hydrogens (primary N) is 1. The minimum Gasteiger partial charge on any atom is -0.406 e. The maximum absolute atomic E-state index is 12.1. The normalized spacial score (nSPS) is 11.3. The third kappa shape index (κ3) is 5.83. The summed E-state index contributed by atoms with van der Waals surface area (Å²) < 4.78 is 40.0. The van der Waals surface area contributed by atoms with Gasteiger partial charge in [-0.05, 0) is 30.2 Å². The van der Waals surface area contributed by atoms with Crippen LogP contribution in [0.5, 0.6) is 5.75 Å². The van der Waals surface area contributed by atoms with Crippen LogP contribution in [0.15, 0.2) is 30.3 Å². The number of nitrogens with one attached hydrogen (secondary N) is 2. The Morgan fingerprint density at radius 1 is 1.16 bits per heavy atom. The Morgan fingerprint density at radius 2 is 1.80 bits per heavy atom. The summed E-state index contributed by atoms with van der Waals surface area (Å²) in [6, 6.07) is 5.63. The van der Waals surface area contributed by atoms with Crippen LogP contribution in [-0.4, -0.2) is 22.4 Å². The standard InChI is InChI=1S/C15H16F3N5O2/c1-8(2)11-7-12(19)22-13(21-11)23-14(24)20-9-3-5-10(6-4-9)25-15(16,17)18/h3-8H,1-2H3,(H4,19,20,21,22,23,24). The first kappa shape index (κ1) is 18.3. The molecule has 4 N–H and O–H groups in total. The number of carbonyl (C=O) groups is 1. The summed E-state index contributed by atoms with van der Waals surface area (Å²) in [5, 5.41) is 4.86. The van der Waals surface area contributed by atoms with Gasteiger partial charge in [0.05, 0.1) is 5.69 Å². The number of halogens is 3. The van der Waals surface area contributed by atoms with Gasteiger partial charge < -0.3 is 15.8 Å². The largest absolute Gasteiger partial charge is 0.573 e. The van der Waals surface area contributed by atoms with Crippen molar-refractivity contribution < 1.29 is 22.7 Å². The van der Waals surface area contributed by atoms with Gasteiger partial charge in [0.15, 0.2) is 0 Å². The molecule has 2 rings (SSSR count). The predicted octanol–water partition coefficient (Wildman–Crippen LogP) is 3.72. The van der Waals surface area contributed by atoms with E-state index in [4.69, 9.17) is 5.73 Å². The SMILES string of the molecule is CC(C)c1cc(N)nc(NC(=O)Nc2ccc(OC(F)(F)F)cc2)n1. The fraction of sp³-hybridized carbons (Fsp3) is 0.267. The number of nitrogens with zero attached hydrogens (tertiary/aromatic N) is 2. The number of alkyl halides is 3. The Kier molecular flexibility index (Phi) is 5.30. The molecule has 1 aromatic carbocycles. The molecule has 0 aliphatic carbocycles. The van der Waals surface area contributed by atoms with Gasteiger partial charge >= 0.3 is 12.4 Å². The zero-order valence-electron chi connectivity index (χ0n) is 13.4. The zero-order valence-corrected chi connectivity index (χ0v) is 13.4. The number of hydrogen-bond acceptors (Lipinski definition) is 5. The van der Waals surface area contributed by atoms with Crippen molar-refractivity contribution in [1.82, 2.24) is 9.97 Å². The van der Waals surface area contributed by atoms with Gasteiger partial charge in [-0.2, -0.15) is 4.98 Å². The molecule has 2 amide bonds. The summed E-state index contributed by atoms with van der Waals surface area (Å²) in [7, 11) is 0. The first-order valence-corrected chi connectivity index (χ1v) is 7.20. The number of rotatable bonds is 4. The van der Waals surface area contributed by atoms with Crippen LogP contribution in [0, 0.1) is 0 Å². The molecule has 0 saturated carbocycles. The number of ether oxygens (including phenoxy) is 1. The molecule has 0 unspecified atom stereocenters. The average Bonchev–Trinajstić information content (AvgIpc) is 2.47. The van der Waals surface area contributed by atoms with Crippen LogP contribution < -0.4 is 21.1 Å². The molecule has 0 aliphatic rings. The second-order valence-corrected chi connectivity index (χ2v) is 5.35. The molecule has 0 spiro atoms. The molecule has 1 aromatic heterocycles. The minimum atomic E-state index is -4.77. The molecule has 0 atom stereocenters. The molecule has 0 bridgehead atoms. The van der Waals surface area contributed by atoms with Crippen molar-refractivity contribution >= 4 is 23.5 Å². The number of aromatic nitrogens is 2. The second kappa shape index (κ2) is 7.24. The molecular formula is C15H16F3N5O2. The maximum atomic E-state index is 12.1. The Bertz CT molecular complexity index is 748. The molecular weight excluding hydrogens is 339 g/mol. The molecule has 0 aliphatic heterocycles. The van der Waals surface area contributed by atoms with Crippen LogP contribution in [-0.2, 0) is 0 Å². The number of urea groups is 1. The summed E-state index contributed by atoms with van der Waals surface area (Å²) in [5.41, 5.74) is 6.59. The third-order valence-electron chi connectivity index (χ3n) is 2.93. The molecule has 134 valence electrons. The van der Waals surface area contributed by atoms with Crippen molar-refractivity contribution in [2.24, 2.45) is 0 Å². The van der Waals surface area contributed by atoms with E-state index in [9.17, 15) is 18.0 Å². The number of benzene rings is 1. The number of hydrogen-bond donors (Lipinski definition) is 3. The second-order valence-electron chi connectivity index (χ2n) is 5.35. The van der Waals surface area contributed by atoms with E-state index in [0.717, 1.165) is 12.1 Å². The van der Waals surface area contributed by atoms with Gasteiger partial charge in [-0.3, -0.25) is 5.32 Å². The highest BCUT2D eigenvalue weighted by atomic mass is 19.4. The first-order valence-electron chi connectivity index (χ1n) is 7.20. The van der Waals surface area contributed by atoms with Crippen LogP contribution >= 0.6 is 0 Å². The van der Waals surface area contributed by atoms with Crippen molar-refractivity contribution in [3.8, 4) is 5.75 Å². The van der Waals surface area contributed by atoms with E-state index < -0.39 is 12.4 Å². The van der Waals surface area contributed by atoms with Gasteiger partial charge in [-0.1, -0.05) is 13.8 Å². The van der Waals surface area contributed by atoms with E-state index in [1.54, 1.807) is 6.07 Å².